The van der Waals surface area contributed by atoms with Gasteiger partial charge in [-0.15, -0.1) is 0 Å². The molecule has 1 aliphatic rings. The van der Waals surface area contributed by atoms with Gasteiger partial charge >= 0.3 is 6.18 Å². The van der Waals surface area contributed by atoms with Crippen LogP contribution in [0.1, 0.15) is 30.6 Å². The summed E-state index contributed by atoms with van der Waals surface area (Å²) in [7, 11) is 0. The third-order valence-electron chi connectivity index (χ3n) is 3.82. The molecule has 0 N–H and O–H groups in total. The lowest BCUT2D eigenvalue weighted by molar-refractivity contribution is -0.214. The molecule has 0 radical (unpaired) electrons. The topological polar surface area (TPSA) is 33.2 Å². The quantitative estimate of drug-likeness (QED) is 0.794. The fourth-order valence-electron chi connectivity index (χ4n) is 2.81. The molecule has 6 heteroatoms. The Balaban J connectivity index is 2.14. The maximum Gasteiger partial charge on any atom is 0.392 e. The van der Waals surface area contributed by atoms with Crippen molar-refractivity contribution in [2.75, 3.05) is 13.1 Å². The lowest BCUT2D eigenvalue weighted by atomic mass is 9.73. The van der Waals surface area contributed by atoms with E-state index in [1.54, 1.807) is 32.2 Å². The van der Waals surface area contributed by atoms with Crippen LogP contribution in [0.2, 0.25) is 0 Å². The molecule has 0 aromatic carbocycles. The summed E-state index contributed by atoms with van der Waals surface area (Å²) >= 11 is 0. The van der Waals surface area contributed by atoms with E-state index in [1.807, 2.05) is 0 Å². The lowest BCUT2D eigenvalue weighted by Crippen LogP contribution is -2.52. The van der Waals surface area contributed by atoms with E-state index in [1.165, 1.54) is 11.1 Å². The second-order valence-electron chi connectivity index (χ2n) is 5.84. The number of halogens is 3. The van der Waals surface area contributed by atoms with Crippen molar-refractivity contribution in [1.82, 2.24) is 9.88 Å². The van der Waals surface area contributed by atoms with Gasteiger partial charge in [0, 0.05) is 25.5 Å². The number of likely N-dealkylation sites (tertiary alicyclic amines) is 1. The standard InChI is InChI=1S/C14H17F3N2O/c1-13(2)9-19(7-5-11(13)14(15,16)17)12(20)10-4-3-6-18-8-10/h3-4,6,8,11H,5,7,9H2,1-2H3. The molecule has 3 nitrogen and oxygen atoms in total. The van der Waals surface area contributed by atoms with Crippen LogP contribution in [0.5, 0.6) is 0 Å². The minimum absolute atomic E-state index is 0.0531. The molecular weight excluding hydrogens is 269 g/mol. The summed E-state index contributed by atoms with van der Waals surface area (Å²) in [6.45, 7) is 3.36. The second kappa shape index (κ2) is 5.07. The highest BCUT2D eigenvalue weighted by Crippen LogP contribution is 2.45. The summed E-state index contributed by atoms with van der Waals surface area (Å²) in [5.74, 6) is -1.63. The first kappa shape index (κ1) is 14.8. The number of alkyl halides is 3. The Kier molecular flexibility index (Phi) is 3.75. The zero-order valence-electron chi connectivity index (χ0n) is 11.4. The molecule has 1 aliphatic heterocycles. The van der Waals surface area contributed by atoms with E-state index in [4.69, 9.17) is 0 Å². The molecule has 2 rings (SSSR count). The van der Waals surface area contributed by atoms with Crippen molar-refractivity contribution in [2.24, 2.45) is 11.3 Å². The highest BCUT2D eigenvalue weighted by molar-refractivity contribution is 5.93. The van der Waals surface area contributed by atoms with Gasteiger partial charge in [0.05, 0.1) is 11.5 Å². The van der Waals surface area contributed by atoms with Gasteiger partial charge in [-0.3, -0.25) is 9.78 Å². The first-order chi connectivity index (χ1) is 9.22. The monoisotopic (exact) mass is 286 g/mol. The van der Waals surface area contributed by atoms with Crippen LogP contribution in [0, 0.1) is 11.3 Å². The van der Waals surface area contributed by atoms with Gasteiger partial charge in [-0.2, -0.15) is 13.2 Å². The summed E-state index contributed by atoms with van der Waals surface area (Å²) in [6, 6.07) is 3.26. The van der Waals surface area contributed by atoms with Gasteiger partial charge in [-0.1, -0.05) is 13.8 Å². The predicted molar refractivity (Wildman–Crippen MR) is 68.1 cm³/mol. The van der Waals surface area contributed by atoms with E-state index in [-0.39, 0.29) is 25.4 Å². The van der Waals surface area contributed by atoms with Crippen LogP contribution in [0.25, 0.3) is 0 Å². The van der Waals surface area contributed by atoms with Crippen molar-refractivity contribution in [1.29, 1.82) is 0 Å². The maximum atomic E-state index is 13.0. The number of rotatable bonds is 1. The summed E-state index contributed by atoms with van der Waals surface area (Å²) in [5, 5.41) is 0. The zero-order chi connectivity index (χ0) is 15.0. The number of hydrogen-bond acceptors (Lipinski definition) is 2. The molecule has 1 unspecified atom stereocenters. The first-order valence-electron chi connectivity index (χ1n) is 6.48. The van der Waals surface area contributed by atoms with Gasteiger partial charge < -0.3 is 4.90 Å². The lowest BCUT2D eigenvalue weighted by Gasteiger charge is -2.44. The van der Waals surface area contributed by atoms with Crippen molar-refractivity contribution >= 4 is 5.91 Å². The van der Waals surface area contributed by atoms with E-state index in [9.17, 15) is 18.0 Å². The van der Waals surface area contributed by atoms with Gasteiger partial charge in [-0.05, 0) is 24.0 Å². The van der Waals surface area contributed by atoms with Gasteiger partial charge in [0.25, 0.3) is 5.91 Å². The molecule has 110 valence electrons. The largest absolute Gasteiger partial charge is 0.392 e. The van der Waals surface area contributed by atoms with Crippen LogP contribution in [-0.2, 0) is 0 Å². The Morgan fingerprint density at radius 3 is 2.65 bits per heavy atom. The number of aromatic nitrogens is 1. The van der Waals surface area contributed by atoms with Crippen LogP contribution < -0.4 is 0 Å². The van der Waals surface area contributed by atoms with Crippen LogP contribution in [-0.4, -0.2) is 35.1 Å². The van der Waals surface area contributed by atoms with Gasteiger partial charge in [0.1, 0.15) is 0 Å². The van der Waals surface area contributed by atoms with Crippen LogP contribution in [0.4, 0.5) is 13.2 Å². The number of carbonyl (C=O) groups is 1. The molecule has 1 amide bonds. The maximum absolute atomic E-state index is 13.0. The minimum atomic E-state index is -4.22. The molecule has 1 fully saturated rings. The predicted octanol–water partition coefficient (Wildman–Crippen LogP) is 3.13. The molecule has 0 spiro atoms. The Morgan fingerprint density at radius 1 is 1.45 bits per heavy atom. The SMILES string of the molecule is CC1(C)CN(C(=O)c2cccnc2)CCC1C(F)(F)F. The molecular formula is C14H17F3N2O. The number of nitrogens with zero attached hydrogens (tertiary/aromatic N) is 2. The highest BCUT2D eigenvalue weighted by Gasteiger charge is 2.51. The average molecular weight is 286 g/mol. The summed E-state index contributed by atoms with van der Waals surface area (Å²) in [6.07, 6.45) is -1.28. The number of amides is 1. The third-order valence-corrected chi connectivity index (χ3v) is 3.82. The molecule has 1 atom stereocenters. The Morgan fingerprint density at radius 2 is 2.15 bits per heavy atom. The van der Waals surface area contributed by atoms with Crippen LogP contribution in [0.15, 0.2) is 24.5 Å². The second-order valence-corrected chi connectivity index (χ2v) is 5.84. The summed E-state index contributed by atoms with van der Waals surface area (Å²) < 4.78 is 38.9. The normalized spacial score (nSPS) is 22.6. The van der Waals surface area contributed by atoms with E-state index < -0.39 is 17.5 Å². The van der Waals surface area contributed by atoms with E-state index in [0.717, 1.165) is 0 Å². The first-order valence-corrected chi connectivity index (χ1v) is 6.48. The third kappa shape index (κ3) is 2.94. The van der Waals surface area contributed by atoms with E-state index in [0.29, 0.717) is 5.56 Å². The molecule has 1 aromatic heterocycles. The zero-order valence-corrected chi connectivity index (χ0v) is 11.4. The molecule has 1 aromatic rings. The van der Waals surface area contributed by atoms with E-state index >= 15 is 0 Å². The van der Waals surface area contributed by atoms with Gasteiger partial charge in [0.2, 0.25) is 0 Å². The van der Waals surface area contributed by atoms with Crippen molar-refractivity contribution in [3.8, 4) is 0 Å². The van der Waals surface area contributed by atoms with Crippen molar-refractivity contribution in [3.63, 3.8) is 0 Å². The molecule has 20 heavy (non-hydrogen) atoms. The number of pyridine rings is 1. The Labute approximate surface area is 115 Å². The summed E-state index contributed by atoms with van der Waals surface area (Å²) in [5.41, 5.74) is -0.567. The fraction of sp³-hybridized carbons (Fsp3) is 0.571. The Bertz CT molecular complexity index is 485. The van der Waals surface area contributed by atoms with Crippen LogP contribution in [0.3, 0.4) is 0 Å². The number of hydrogen-bond donors (Lipinski definition) is 0. The Hall–Kier alpha value is -1.59. The molecule has 1 saturated heterocycles. The molecule has 2 heterocycles. The smallest absolute Gasteiger partial charge is 0.338 e. The minimum Gasteiger partial charge on any atom is -0.338 e. The van der Waals surface area contributed by atoms with E-state index in [2.05, 4.69) is 4.98 Å². The fourth-order valence-corrected chi connectivity index (χ4v) is 2.81. The number of carbonyl (C=O) groups excluding carboxylic acids is 1. The average Bonchev–Trinajstić information content (AvgIpc) is 2.36. The van der Waals surface area contributed by atoms with Gasteiger partial charge in [-0.25, -0.2) is 0 Å². The highest BCUT2D eigenvalue weighted by atomic mass is 19.4. The molecule has 0 aliphatic carbocycles. The van der Waals surface area contributed by atoms with Crippen LogP contribution >= 0.6 is 0 Å². The van der Waals surface area contributed by atoms with Crippen molar-refractivity contribution in [3.05, 3.63) is 30.1 Å². The van der Waals surface area contributed by atoms with Crippen molar-refractivity contribution < 1.29 is 18.0 Å². The number of piperidine rings is 1. The summed E-state index contributed by atoms with van der Waals surface area (Å²) in [4.78, 5) is 17.6. The van der Waals surface area contributed by atoms with Crippen molar-refractivity contribution in [2.45, 2.75) is 26.4 Å². The molecule has 0 bridgehead atoms. The molecule has 0 saturated carbocycles. The van der Waals surface area contributed by atoms with Gasteiger partial charge in [0.15, 0.2) is 0 Å².